The molecular formula is C19H18N2OS. The summed E-state index contributed by atoms with van der Waals surface area (Å²) in [6, 6.07) is 8.34. The van der Waals surface area contributed by atoms with Gasteiger partial charge >= 0.3 is 0 Å². The van der Waals surface area contributed by atoms with Gasteiger partial charge in [-0.25, -0.2) is 4.98 Å². The van der Waals surface area contributed by atoms with Gasteiger partial charge in [0.1, 0.15) is 10.7 Å². The first-order valence-electron chi connectivity index (χ1n) is 7.73. The number of hydrogen-bond acceptors (Lipinski definition) is 3. The number of terminal acetylenes is 1. The molecule has 4 heteroatoms. The summed E-state index contributed by atoms with van der Waals surface area (Å²) in [5.41, 5.74) is 3.23. The molecule has 0 aliphatic carbocycles. The fourth-order valence-corrected chi connectivity index (χ4v) is 3.68. The normalized spacial score (nSPS) is 10.8. The lowest BCUT2D eigenvalue weighted by molar-refractivity contribution is 0.712. The second kappa shape index (κ2) is 6.39. The van der Waals surface area contributed by atoms with E-state index in [0.717, 1.165) is 28.2 Å². The second-order valence-electron chi connectivity index (χ2n) is 5.36. The number of aryl methyl sites for hydroxylation is 2. The van der Waals surface area contributed by atoms with Crippen LogP contribution < -0.4 is 5.56 Å². The molecule has 0 saturated carbocycles. The van der Waals surface area contributed by atoms with Crippen molar-refractivity contribution in [1.82, 2.24) is 9.55 Å². The highest BCUT2D eigenvalue weighted by Crippen LogP contribution is 2.31. The largest absolute Gasteiger partial charge is 0.284 e. The minimum absolute atomic E-state index is 0.0411. The Labute approximate surface area is 139 Å². The fourth-order valence-electron chi connectivity index (χ4n) is 2.72. The predicted octanol–water partition coefficient (Wildman–Crippen LogP) is 3.88. The minimum atomic E-state index is -0.0411. The highest BCUT2D eigenvalue weighted by Gasteiger charge is 2.15. The Hall–Kier alpha value is -2.38. The molecule has 1 aromatic carbocycles. The standard InChI is InChI=1S/C19H18N2OS/c1-4-11-21-16(6-3)20-18-17(19(21)22)15(12-23-18)14-9-7-13(5-2)8-10-14/h1,7-10,12H,5-6,11H2,2-3H3. The molecular weight excluding hydrogens is 304 g/mol. The smallest absolute Gasteiger partial charge is 0.263 e. The molecule has 3 nitrogen and oxygen atoms in total. The van der Waals surface area contributed by atoms with Crippen LogP contribution in [-0.2, 0) is 19.4 Å². The Morgan fingerprint density at radius 1 is 1.22 bits per heavy atom. The van der Waals surface area contributed by atoms with E-state index >= 15 is 0 Å². The average Bonchev–Trinajstić information content (AvgIpc) is 3.01. The second-order valence-corrected chi connectivity index (χ2v) is 6.22. The first-order chi connectivity index (χ1) is 11.2. The van der Waals surface area contributed by atoms with E-state index in [0.29, 0.717) is 11.8 Å². The number of nitrogens with zero attached hydrogens (tertiary/aromatic N) is 2. The molecule has 116 valence electrons. The maximum atomic E-state index is 12.9. The zero-order valence-corrected chi connectivity index (χ0v) is 14.1. The molecule has 0 N–H and O–H groups in total. The van der Waals surface area contributed by atoms with Crippen molar-refractivity contribution in [2.75, 3.05) is 0 Å². The topological polar surface area (TPSA) is 34.9 Å². The van der Waals surface area contributed by atoms with Crippen LogP contribution in [0.2, 0.25) is 0 Å². The van der Waals surface area contributed by atoms with Crippen LogP contribution in [0, 0.1) is 12.3 Å². The van der Waals surface area contributed by atoms with Gasteiger partial charge in [0.25, 0.3) is 5.56 Å². The zero-order chi connectivity index (χ0) is 16.4. The van der Waals surface area contributed by atoms with Crippen molar-refractivity contribution in [3.8, 4) is 23.5 Å². The molecule has 3 aromatic rings. The highest BCUT2D eigenvalue weighted by molar-refractivity contribution is 7.17. The summed E-state index contributed by atoms with van der Waals surface area (Å²) in [7, 11) is 0. The van der Waals surface area contributed by atoms with Crippen LogP contribution in [0.5, 0.6) is 0 Å². The molecule has 0 aliphatic heterocycles. The van der Waals surface area contributed by atoms with Crippen molar-refractivity contribution in [3.63, 3.8) is 0 Å². The highest BCUT2D eigenvalue weighted by atomic mass is 32.1. The number of hydrogen-bond donors (Lipinski definition) is 0. The van der Waals surface area contributed by atoms with Crippen LogP contribution in [0.15, 0.2) is 34.4 Å². The van der Waals surface area contributed by atoms with E-state index in [-0.39, 0.29) is 12.1 Å². The van der Waals surface area contributed by atoms with Crippen LogP contribution in [0.1, 0.15) is 25.2 Å². The van der Waals surface area contributed by atoms with E-state index in [1.54, 1.807) is 4.57 Å². The van der Waals surface area contributed by atoms with E-state index in [9.17, 15) is 4.79 Å². The summed E-state index contributed by atoms with van der Waals surface area (Å²) >= 11 is 1.51. The quantitative estimate of drug-likeness (QED) is 0.683. The molecule has 0 bridgehead atoms. The molecule has 0 spiro atoms. The van der Waals surface area contributed by atoms with Gasteiger partial charge in [0, 0.05) is 17.4 Å². The molecule has 0 radical (unpaired) electrons. The third kappa shape index (κ3) is 2.69. The first kappa shape index (κ1) is 15.5. The van der Waals surface area contributed by atoms with Crippen molar-refractivity contribution >= 4 is 21.6 Å². The summed E-state index contributed by atoms with van der Waals surface area (Å²) in [6.07, 6.45) is 7.11. The van der Waals surface area contributed by atoms with E-state index in [1.807, 2.05) is 12.3 Å². The Morgan fingerprint density at radius 2 is 1.96 bits per heavy atom. The molecule has 2 heterocycles. The van der Waals surface area contributed by atoms with Crippen molar-refractivity contribution in [3.05, 3.63) is 51.4 Å². The van der Waals surface area contributed by atoms with Crippen LogP contribution in [0.4, 0.5) is 0 Å². The van der Waals surface area contributed by atoms with Gasteiger partial charge in [-0.15, -0.1) is 17.8 Å². The number of aromatic nitrogens is 2. The molecule has 0 atom stereocenters. The molecule has 0 fully saturated rings. The number of benzene rings is 1. The Morgan fingerprint density at radius 3 is 2.57 bits per heavy atom. The van der Waals surface area contributed by atoms with Crippen molar-refractivity contribution in [2.24, 2.45) is 0 Å². The zero-order valence-electron chi connectivity index (χ0n) is 13.3. The number of thiophene rings is 1. The molecule has 23 heavy (non-hydrogen) atoms. The lowest BCUT2D eigenvalue weighted by atomic mass is 10.0. The summed E-state index contributed by atoms with van der Waals surface area (Å²) in [4.78, 5) is 18.3. The summed E-state index contributed by atoms with van der Waals surface area (Å²) in [6.45, 7) is 4.37. The van der Waals surface area contributed by atoms with Crippen molar-refractivity contribution in [1.29, 1.82) is 0 Å². The van der Waals surface area contributed by atoms with Crippen molar-refractivity contribution in [2.45, 2.75) is 33.2 Å². The Bertz CT molecular complexity index is 942. The van der Waals surface area contributed by atoms with E-state index in [2.05, 4.69) is 42.1 Å². The van der Waals surface area contributed by atoms with Crippen LogP contribution >= 0.6 is 11.3 Å². The predicted molar refractivity (Wildman–Crippen MR) is 96.9 cm³/mol. The number of fused-ring (bicyclic) bond motifs is 1. The van der Waals surface area contributed by atoms with Gasteiger partial charge in [0.15, 0.2) is 0 Å². The third-order valence-corrected chi connectivity index (χ3v) is 4.88. The molecule has 3 rings (SSSR count). The van der Waals surface area contributed by atoms with Gasteiger partial charge in [0.2, 0.25) is 0 Å². The van der Waals surface area contributed by atoms with Crippen LogP contribution in [0.25, 0.3) is 21.3 Å². The van der Waals surface area contributed by atoms with E-state index < -0.39 is 0 Å². The average molecular weight is 322 g/mol. The summed E-state index contributed by atoms with van der Waals surface area (Å²) in [5.74, 6) is 3.30. The molecule has 0 saturated heterocycles. The fraction of sp³-hybridized carbons (Fsp3) is 0.263. The van der Waals surface area contributed by atoms with Crippen LogP contribution in [-0.4, -0.2) is 9.55 Å². The maximum absolute atomic E-state index is 12.9. The molecule has 0 amide bonds. The lowest BCUT2D eigenvalue weighted by Crippen LogP contribution is -2.24. The molecule has 0 aliphatic rings. The van der Waals surface area contributed by atoms with Gasteiger partial charge in [-0.2, -0.15) is 0 Å². The summed E-state index contributed by atoms with van der Waals surface area (Å²) in [5, 5.41) is 2.69. The van der Waals surface area contributed by atoms with E-state index in [1.165, 1.54) is 16.9 Å². The monoisotopic (exact) mass is 322 g/mol. The SMILES string of the molecule is C#CCn1c(CC)nc2scc(-c3ccc(CC)cc3)c2c1=O. The number of rotatable bonds is 4. The van der Waals surface area contributed by atoms with Gasteiger partial charge in [-0.05, 0) is 17.5 Å². The minimum Gasteiger partial charge on any atom is -0.284 e. The molecule has 2 aromatic heterocycles. The lowest BCUT2D eigenvalue weighted by Gasteiger charge is -2.08. The Kier molecular flexibility index (Phi) is 4.31. The third-order valence-electron chi connectivity index (χ3n) is 4.01. The van der Waals surface area contributed by atoms with E-state index in [4.69, 9.17) is 6.42 Å². The Balaban J connectivity index is 2.25. The van der Waals surface area contributed by atoms with Gasteiger partial charge in [0.05, 0.1) is 11.9 Å². The molecule has 0 unspecified atom stereocenters. The van der Waals surface area contributed by atoms with Crippen molar-refractivity contribution < 1.29 is 0 Å². The summed E-state index contributed by atoms with van der Waals surface area (Å²) < 4.78 is 1.61. The first-order valence-corrected chi connectivity index (χ1v) is 8.61. The van der Waals surface area contributed by atoms with Gasteiger partial charge in [-0.1, -0.05) is 44.0 Å². The maximum Gasteiger partial charge on any atom is 0.263 e. The van der Waals surface area contributed by atoms with Gasteiger partial charge in [-0.3, -0.25) is 9.36 Å². The van der Waals surface area contributed by atoms with Crippen LogP contribution in [0.3, 0.4) is 0 Å². The van der Waals surface area contributed by atoms with Gasteiger partial charge < -0.3 is 0 Å².